The van der Waals surface area contributed by atoms with E-state index < -0.39 is 11.1 Å². The van der Waals surface area contributed by atoms with Gasteiger partial charge < -0.3 is 14.8 Å². The zero-order valence-corrected chi connectivity index (χ0v) is 16.2. The fourth-order valence-corrected chi connectivity index (χ4v) is 3.41. The summed E-state index contributed by atoms with van der Waals surface area (Å²) in [7, 11) is 3.02. The number of benzene rings is 2. The lowest BCUT2D eigenvalue weighted by Gasteiger charge is -2.27. The number of methoxy groups -OCH3 is 2. The molecule has 1 unspecified atom stereocenters. The number of ether oxygens (including phenoxy) is 2. The molecule has 9 nitrogen and oxygen atoms in total. The number of amides is 1. The molecule has 4 rings (SSSR count). The highest BCUT2D eigenvalue weighted by Crippen LogP contribution is 2.40. The van der Waals surface area contributed by atoms with E-state index in [0.29, 0.717) is 34.1 Å². The molecule has 1 atom stereocenters. The van der Waals surface area contributed by atoms with Crippen molar-refractivity contribution >= 4 is 23.0 Å². The van der Waals surface area contributed by atoms with E-state index in [9.17, 15) is 14.9 Å². The molecule has 1 aliphatic heterocycles. The monoisotopic (exact) mass is 406 g/mol. The lowest BCUT2D eigenvalue weighted by Crippen LogP contribution is -2.32. The van der Waals surface area contributed by atoms with E-state index in [1.54, 1.807) is 54.6 Å². The summed E-state index contributed by atoms with van der Waals surface area (Å²) in [6.45, 7) is 0. The highest BCUT2D eigenvalue weighted by molar-refractivity contribution is 6.11. The number of rotatable bonds is 6. The number of nitrogens with one attached hydrogen (secondary N) is 1. The molecule has 0 fully saturated rings. The molecule has 152 valence electrons. The number of nitro groups is 1. The van der Waals surface area contributed by atoms with Crippen molar-refractivity contribution in [3.05, 3.63) is 82.2 Å². The van der Waals surface area contributed by atoms with Gasteiger partial charge in [-0.1, -0.05) is 6.07 Å². The van der Waals surface area contributed by atoms with Crippen molar-refractivity contribution in [2.24, 2.45) is 0 Å². The van der Waals surface area contributed by atoms with E-state index in [4.69, 9.17) is 9.47 Å². The van der Waals surface area contributed by atoms with Crippen LogP contribution < -0.4 is 19.7 Å². The molecule has 0 radical (unpaired) electrons. The van der Waals surface area contributed by atoms with E-state index in [2.05, 4.69) is 10.3 Å². The Morgan fingerprint density at radius 2 is 1.93 bits per heavy atom. The van der Waals surface area contributed by atoms with Gasteiger partial charge in [0.2, 0.25) is 0 Å². The van der Waals surface area contributed by atoms with Crippen LogP contribution in [0.3, 0.4) is 0 Å². The first-order valence-corrected chi connectivity index (χ1v) is 9.05. The first-order valence-electron chi connectivity index (χ1n) is 9.05. The number of nitro benzene ring substituents is 1. The van der Waals surface area contributed by atoms with Gasteiger partial charge in [0.05, 0.1) is 41.8 Å². The highest BCUT2D eigenvalue weighted by Gasteiger charge is 2.39. The molecular weight excluding hydrogens is 388 g/mol. The predicted molar refractivity (Wildman–Crippen MR) is 110 cm³/mol. The molecule has 1 aliphatic rings. The minimum atomic E-state index is -0.697. The maximum Gasteiger partial charge on any atom is 0.271 e. The van der Waals surface area contributed by atoms with Crippen LogP contribution in [0.4, 0.5) is 17.1 Å². The Morgan fingerprint density at radius 3 is 2.67 bits per heavy atom. The number of carbonyl (C=O) groups excluding carboxylic acids is 1. The second-order valence-electron chi connectivity index (χ2n) is 6.50. The summed E-state index contributed by atoms with van der Waals surface area (Å²) >= 11 is 0. The number of anilines is 2. The Bertz CT molecular complexity index is 1130. The molecule has 0 saturated heterocycles. The van der Waals surface area contributed by atoms with Crippen LogP contribution in [0.2, 0.25) is 0 Å². The van der Waals surface area contributed by atoms with Crippen LogP contribution in [0.15, 0.2) is 60.8 Å². The number of hydrogen-bond acceptors (Lipinski definition) is 7. The van der Waals surface area contributed by atoms with Crippen molar-refractivity contribution in [3.63, 3.8) is 0 Å². The molecule has 1 N–H and O–H groups in total. The molecule has 0 saturated carbocycles. The summed E-state index contributed by atoms with van der Waals surface area (Å²) in [5.74, 6) is 0.757. The summed E-state index contributed by atoms with van der Waals surface area (Å²) in [5.41, 5.74) is 1.83. The summed E-state index contributed by atoms with van der Waals surface area (Å²) in [6.07, 6.45) is 0.900. The van der Waals surface area contributed by atoms with Gasteiger partial charge in [0.1, 0.15) is 11.5 Å². The maximum absolute atomic E-state index is 13.2. The third-order valence-electron chi connectivity index (χ3n) is 4.82. The third kappa shape index (κ3) is 3.26. The number of carbonyl (C=O) groups is 1. The van der Waals surface area contributed by atoms with Crippen molar-refractivity contribution in [2.45, 2.75) is 6.17 Å². The Kier molecular flexibility index (Phi) is 4.93. The molecular formula is C21H18N4O5. The molecule has 0 bridgehead atoms. The zero-order chi connectivity index (χ0) is 21.3. The molecule has 9 heteroatoms. The molecule has 1 aromatic heterocycles. The van der Waals surface area contributed by atoms with E-state index in [1.165, 1.54) is 25.3 Å². The second-order valence-corrected chi connectivity index (χ2v) is 6.50. The van der Waals surface area contributed by atoms with Gasteiger partial charge in [-0.15, -0.1) is 0 Å². The van der Waals surface area contributed by atoms with Gasteiger partial charge in [-0.05, 0) is 30.3 Å². The number of pyridine rings is 1. The Hall–Kier alpha value is -4.14. The van der Waals surface area contributed by atoms with E-state index in [-0.39, 0.29) is 11.6 Å². The average molecular weight is 406 g/mol. The summed E-state index contributed by atoms with van der Waals surface area (Å²) in [6, 6.07) is 14.7. The van der Waals surface area contributed by atoms with Crippen LogP contribution in [0, 0.1) is 10.1 Å². The van der Waals surface area contributed by atoms with E-state index >= 15 is 0 Å². The first-order chi connectivity index (χ1) is 14.5. The van der Waals surface area contributed by atoms with Gasteiger partial charge in [-0.2, -0.15) is 0 Å². The van der Waals surface area contributed by atoms with Gasteiger partial charge in [0.25, 0.3) is 11.6 Å². The molecule has 2 heterocycles. The Morgan fingerprint density at radius 1 is 1.10 bits per heavy atom. The zero-order valence-electron chi connectivity index (χ0n) is 16.2. The Labute approximate surface area is 172 Å². The average Bonchev–Trinajstić information content (AvgIpc) is 3.05. The topological polar surface area (TPSA) is 107 Å². The molecule has 0 spiro atoms. The normalized spacial score (nSPS) is 14.9. The summed E-state index contributed by atoms with van der Waals surface area (Å²) < 4.78 is 10.6. The lowest BCUT2D eigenvalue weighted by atomic mass is 10.2. The molecule has 1 amide bonds. The van der Waals surface area contributed by atoms with Crippen molar-refractivity contribution in [3.8, 4) is 11.5 Å². The largest absolute Gasteiger partial charge is 0.497 e. The summed E-state index contributed by atoms with van der Waals surface area (Å²) in [5, 5.41) is 14.4. The van der Waals surface area contributed by atoms with Crippen molar-refractivity contribution in [2.75, 3.05) is 24.4 Å². The number of non-ortho nitro benzene ring substituents is 1. The van der Waals surface area contributed by atoms with Crippen LogP contribution in [0.5, 0.6) is 11.5 Å². The summed E-state index contributed by atoms with van der Waals surface area (Å²) in [4.78, 5) is 29.9. The first kappa shape index (κ1) is 19.2. The lowest BCUT2D eigenvalue weighted by molar-refractivity contribution is -0.384. The smallest absolute Gasteiger partial charge is 0.271 e. The van der Waals surface area contributed by atoms with Gasteiger partial charge in [0.15, 0.2) is 6.17 Å². The fraction of sp³-hybridized carbons (Fsp3) is 0.143. The number of hydrogen-bond donors (Lipinski definition) is 1. The van der Waals surface area contributed by atoms with E-state index in [0.717, 1.165) is 0 Å². The molecule has 2 aromatic carbocycles. The van der Waals surface area contributed by atoms with Crippen molar-refractivity contribution < 1.29 is 19.2 Å². The number of fused-ring (bicyclic) bond motifs is 1. The molecule has 0 aliphatic carbocycles. The quantitative estimate of drug-likeness (QED) is 0.490. The predicted octanol–water partition coefficient (Wildman–Crippen LogP) is 3.78. The standard InChI is InChI=1S/C21H18N4O5/c1-29-15-6-3-5-13(11-15)24-20(19-16(21(24)26)7-4-10-22-19)23-17-12-14(25(27)28)8-9-18(17)30-2/h3-12,20,23H,1-2H3. The Balaban J connectivity index is 1.82. The van der Waals surface area contributed by atoms with Crippen LogP contribution in [0.25, 0.3) is 0 Å². The second kappa shape index (κ2) is 7.70. The van der Waals surface area contributed by atoms with Gasteiger partial charge in [-0.25, -0.2) is 0 Å². The SMILES string of the molecule is COc1cccc(N2C(=O)c3cccnc3C2Nc2cc([N+](=O)[O-])ccc2OC)c1. The fourth-order valence-electron chi connectivity index (χ4n) is 3.41. The minimum absolute atomic E-state index is 0.100. The van der Waals surface area contributed by atoms with Gasteiger partial charge in [-0.3, -0.25) is 24.8 Å². The van der Waals surface area contributed by atoms with Gasteiger partial charge in [0, 0.05) is 24.4 Å². The third-order valence-corrected chi connectivity index (χ3v) is 4.82. The van der Waals surface area contributed by atoms with Crippen LogP contribution >= 0.6 is 0 Å². The number of aromatic nitrogens is 1. The van der Waals surface area contributed by atoms with Crippen LogP contribution in [0.1, 0.15) is 22.2 Å². The van der Waals surface area contributed by atoms with Crippen LogP contribution in [-0.4, -0.2) is 30.0 Å². The van der Waals surface area contributed by atoms with Crippen molar-refractivity contribution in [1.82, 2.24) is 4.98 Å². The van der Waals surface area contributed by atoms with Gasteiger partial charge >= 0.3 is 0 Å². The molecule has 30 heavy (non-hydrogen) atoms. The maximum atomic E-state index is 13.2. The van der Waals surface area contributed by atoms with Crippen molar-refractivity contribution in [1.29, 1.82) is 0 Å². The highest BCUT2D eigenvalue weighted by atomic mass is 16.6. The van der Waals surface area contributed by atoms with Crippen LogP contribution in [-0.2, 0) is 0 Å². The molecule has 3 aromatic rings. The van der Waals surface area contributed by atoms with E-state index in [1.807, 2.05) is 0 Å². The minimum Gasteiger partial charge on any atom is -0.497 e. The number of nitrogens with zero attached hydrogens (tertiary/aromatic N) is 3.